The smallest absolute Gasteiger partial charge is 0.407 e. The van der Waals surface area contributed by atoms with E-state index in [9.17, 15) is 9.59 Å². The largest absolute Gasteiger partial charge is 0.446 e. The van der Waals surface area contributed by atoms with Gasteiger partial charge in [-0.1, -0.05) is 0 Å². The summed E-state index contributed by atoms with van der Waals surface area (Å²) in [4.78, 5) is 20.5. The van der Waals surface area contributed by atoms with Crippen molar-refractivity contribution in [2.45, 2.75) is 6.10 Å². The second-order valence-electron chi connectivity index (χ2n) is 2.04. The van der Waals surface area contributed by atoms with Crippen LogP contribution in [0.15, 0.2) is 0 Å². The first-order chi connectivity index (χ1) is 5.18. The first-order valence-electron chi connectivity index (χ1n) is 3.05. The Morgan fingerprint density at radius 1 is 1.91 bits per heavy atom. The molecule has 6 heteroatoms. The zero-order chi connectivity index (χ0) is 8.27. The summed E-state index contributed by atoms with van der Waals surface area (Å²) in [5.74, 6) is 0. The summed E-state index contributed by atoms with van der Waals surface area (Å²) in [6, 6.07) is 0. The second kappa shape index (κ2) is 3.09. The highest BCUT2D eigenvalue weighted by molar-refractivity contribution is 5.69. The van der Waals surface area contributed by atoms with Gasteiger partial charge >= 0.3 is 12.2 Å². The third-order valence-corrected chi connectivity index (χ3v) is 1.16. The zero-order valence-electron chi connectivity index (χ0n) is 5.70. The van der Waals surface area contributed by atoms with Gasteiger partial charge in [-0.15, -0.1) is 0 Å². The topological polar surface area (TPSA) is 90.7 Å². The molecule has 1 heterocycles. The van der Waals surface area contributed by atoms with E-state index in [4.69, 9.17) is 0 Å². The number of hydrogen-bond acceptors (Lipinski definition) is 4. The average Bonchev–Trinajstić information content (AvgIpc) is 2.31. The number of carbonyl (C=O) groups is 2. The summed E-state index contributed by atoms with van der Waals surface area (Å²) in [6.07, 6.45) is -1.77. The van der Waals surface area contributed by atoms with Gasteiger partial charge in [0, 0.05) is 0 Å². The van der Waals surface area contributed by atoms with Crippen molar-refractivity contribution in [2.24, 2.45) is 5.73 Å². The summed E-state index contributed by atoms with van der Waals surface area (Å²) < 4.78 is 9.02. The van der Waals surface area contributed by atoms with Crippen molar-refractivity contribution in [2.75, 3.05) is 13.2 Å². The van der Waals surface area contributed by atoms with Crippen molar-refractivity contribution in [1.29, 1.82) is 0 Å². The third-order valence-electron chi connectivity index (χ3n) is 1.16. The lowest BCUT2D eigenvalue weighted by Gasteiger charge is -2.05. The lowest BCUT2D eigenvalue weighted by Crippen LogP contribution is -2.24. The van der Waals surface area contributed by atoms with Gasteiger partial charge < -0.3 is 20.5 Å². The number of hydrogen-bond donors (Lipinski definition) is 2. The van der Waals surface area contributed by atoms with Crippen LogP contribution in [-0.2, 0) is 9.47 Å². The summed E-state index contributed by atoms with van der Waals surface area (Å²) in [6.45, 7) is 0.361. The number of cyclic esters (lactones) is 1. The van der Waals surface area contributed by atoms with Crippen LogP contribution in [0.3, 0.4) is 0 Å². The minimum atomic E-state index is -0.868. The van der Waals surface area contributed by atoms with Gasteiger partial charge in [-0.3, -0.25) is 0 Å². The molecule has 0 saturated carbocycles. The molecule has 1 rings (SSSR count). The number of alkyl carbamates (subject to hydrolysis) is 1. The molecule has 1 aliphatic rings. The van der Waals surface area contributed by atoms with Crippen molar-refractivity contribution in [1.82, 2.24) is 5.32 Å². The van der Waals surface area contributed by atoms with Gasteiger partial charge in [0.15, 0.2) is 6.10 Å². The predicted molar refractivity (Wildman–Crippen MR) is 33.8 cm³/mol. The highest BCUT2D eigenvalue weighted by Gasteiger charge is 2.23. The van der Waals surface area contributed by atoms with Gasteiger partial charge in [0.05, 0.1) is 6.54 Å². The fraction of sp³-hybridized carbons (Fsp3) is 0.600. The molecule has 0 radical (unpaired) electrons. The van der Waals surface area contributed by atoms with E-state index in [1.807, 2.05) is 0 Å². The van der Waals surface area contributed by atoms with Crippen LogP contribution in [0.25, 0.3) is 0 Å². The Morgan fingerprint density at radius 3 is 3.09 bits per heavy atom. The first kappa shape index (κ1) is 7.64. The molecule has 1 atom stereocenters. The molecule has 1 saturated heterocycles. The molecule has 11 heavy (non-hydrogen) atoms. The van der Waals surface area contributed by atoms with E-state index in [0.717, 1.165) is 0 Å². The van der Waals surface area contributed by atoms with Crippen molar-refractivity contribution in [3.63, 3.8) is 0 Å². The van der Waals surface area contributed by atoms with Gasteiger partial charge in [-0.2, -0.15) is 0 Å². The molecule has 0 aromatic carbocycles. The standard InChI is InChI=1S/C5H8N2O4/c6-4(8)10-2-3-1-7-5(9)11-3/h3H,1-2H2,(H2,6,8)(H,7,9). The van der Waals surface area contributed by atoms with E-state index in [1.54, 1.807) is 0 Å². The van der Waals surface area contributed by atoms with E-state index in [2.05, 4.69) is 20.5 Å². The third kappa shape index (κ3) is 2.32. The first-order valence-corrected chi connectivity index (χ1v) is 3.05. The predicted octanol–water partition coefficient (Wildman–Crippen LogP) is -0.810. The zero-order valence-corrected chi connectivity index (χ0v) is 5.70. The lowest BCUT2D eigenvalue weighted by molar-refractivity contribution is 0.0778. The molecular weight excluding hydrogens is 152 g/mol. The molecule has 0 spiro atoms. The minimum absolute atomic E-state index is 0.00801. The van der Waals surface area contributed by atoms with Crippen LogP contribution in [0.4, 0.5) is 9.59 Å². The molecule has 6 nitrogen and oxygen atoms in total. The highest BCUT2D eigenvalue weighted by atomic mass is 16.6. The van der Waals surface area contributed by atoms with Crippen LogP contribution in [0.2, 0.25) is 0 Å². The summed E-state index contributed by atoms with van der Waals surface area (Å²) in [7, 11) is 0. The Hall–Kier alpha value is -1.46. The van der Waals surface area contributed by atoms with E-state index >= 15 is 0 Å². The van der Waals surface area contributed by atoms with Crippen LogP contribution >= 0.6 is 0 Å². The quantitative estimate of drug-likeness (QED) is 0.552. The molecule has 0 aliphatic carbocycles. The van der Waals surface area contributed by atoms with Gasteiger partial charge in [0.25, 0.3) is 0 Å². The van der Waals surface area contributed by atoms with E-state index in [0.29, 0.717) is 6.54 Å². The molecule has 3 N–H and O–H groups in total. The van der Waals surface area contributed by atoms with Gasteiger partial charge in [0.2, 0.25) is 0 Å². The summed E-state index contributed by atoms with van der Waals surface area (Å²) in [5.41, 5.74) is 4.68. The van der Waals surface area contributed by atoms with Crippen molar-refractivity contribution in [3.8, 4) is 0 Å². The maximum atomic E-state index is 10.4. The lowest BCUT2D eigenvalue weighted by atomic mass is 10.4. The van der Waals surface area contributed by atoms with Crippen LogP contribution in [0, 0.1) is 0 Å². The number of rotatable bonds is 2. The maximum absolute atomic E-state index is 10.4. The fourth-order valence-electron chi connectivity index (χ4n) is 0.700. The Balaban J connectivity index is 2.18. The van der Waals surface area contributed by atoms with Crippen LogP contribution in [-0.4, -0.2) is 31.4 Å². The number of nitrogens with one attached hydrogen (secondary N) is 1. The summed E-state index contributed by atoms with van der Waals surface area (Å²) >= 11 is 0. The van der Waals surface area contributed by atoms with Crippen molar-refractivity contribution >= 4 is 12.2 Å². The molecule has 1 aliphatic heterocycles. The molecule has 2 amide bonds. The van der Waals surface area contributed by atoms with E-state index in [1.165, 1.54) is 0 Å². The molecule has 0 aromatic heterocycles. The van der Waals surface area contributed by atoms with Crippen LogP contribution in [0.5, 0.6) is 0 Å². The van der Waals surface area contributed by atoms with Crippen LogP contribution < -0.4 is 11.1 Å². The normalized spacial score (nSPS) is 22.2. The Kier molecular flexibility index (Phi) is 2.15. The number of amides is 2. The SMILES string of the molecule is NC(=O)OCC1CNC(=O)O1. The molecular formula is C5H8N2O4. The monoisotopic (exact) mass is 160 g/mol. The number of ether oxygens (including phenoxy) is 2. The molecule has 1 unspecified atom stereocenters. The molecule has 0 aromatic rings. The fourth-order valence-corrected chi connectivity index (χ4v) is 0.700. The molecule has 0 bridgehead atoms. The van der Waals surface area contributed by atoms with Crippen LogP contribution in [0.1, 0.15) is 0 Å². The van der Waals surface area contributed by atoms with E-state index in [-0.39, 0.29) is 6.61 Å². The molecule has 1 fully saturated rings. The number of nitrogens with two attached hydrogens (primary N) is 1. The van der Waals surface area contributed by atoms with Gasteiger partial charge in [-0.25, -0.2) is 9.59 Å². The number of carbonyl (C=O) groups excluding carboxylic acids is 2. The molecule has 62 valence electrons. The van der Waals surface area contributed by atoms with Crippen molar-refractivity contribution in [3.05, 3.63) is 0 Å². The Labute approximate surface area is 62.6 Å². The van der Waals surface area contributed by atoms with E-state index < -0.39 is 18.3 Å². The minimum Gasteiger partial charge on any atom is -0.446 e. The highest BCUT2D eigenvalue weighted by Crippen LogP contribution is 1.99. The Morgan fingerprint density at radius 2 is 2.64 bits per heavy atom. The van der Waals surface area contributed by atoms with Gasteiger partial charge in [0.1, 0.15) is 6.61 Å². The summed E-state index contributed by atoms with van der Waals surface area (Å²) in [5, 5.41) is 2.40. The second-order valence-corrected chi connectivity index (χ2v) is 2.04. The number of primary amides is 1. The average molecular weight is 160 g/mol. The van der Waals surface area contributed by atoms with Crippen molar-refractivity contribution < 1.29 is 19.1 Å². The Bertz CT molecular complexity index is 181. The van der Waals surface area contributed by atoms with Gasteiger partial charge in [-0.05, 0) is 0 Å². The maximum Gasteiger partial charge on any atom is 0.407 e.